The van der Waals surface area contributed by atoms with Crippen LogP contribution in [-0.4, -0.2) is 38.3 Å². The maximum atomic E-state index is 5.36. The lowest BCUT2D eigenvalue weighted by atomic mass is 9.81. The summed E-state index contributed by atoms with van der Waals surface area (Å²) < 4.78 is 10.7. The summed E-state index contributed by atoms with van der Waals surface area (Å²) in [6.45, 7) is 2.55. The van der Waals surface area contributed by atoms with Gasteiger partial charge in [-0.1, -0.05) is 36.8 Å². The van der Waals surface area contributed by atoms with E-state index in [4.69, 9.17) is 9.47 Å². The normalized spacial score (nSPS) is 22.2. The Labute approximate surface area is 169 Å². The summed E-state index contributed by atoms with van der Waals surface area (Å²) in [7, 11) is 3.43. The fourth-order valence-corrected chi connectivity index (χ4v) is 4.81. The fourth-order valence-electron chi connectivity index (χ4n) is 4.81. The molecule has 148 valence electrons. The summed E-state index contributed by atoms with van der Waals surface area (Å²) in [4.78, 5) is 2.73. The van der Waals surface area contributed by atoms with Gasteiger partial charge in [0.05, 0.1) is 14.2 Å². The molecule has 2 aromatic carbocycles. The lowest BCUT2D eigenvalue weighted by molar-refractivity contribution is 0.0786. The van der Waals surface area contributed by atoms with Crippen molar-refractivity contribution in [1.29, 1.82) is 0 Å². The minimum Gasteiger partial charge on any atom is -0.497 e. The van der Waals surface area contributed by atoms with Crippen molar-refractivity contribution in [2.75, 3.05) is 27.3 Å². The van der Waals surface area contributed by atoms with E-state index in [2.05, 4.69) is 59.5 Å². The Bertz CT molecular complexity index is 743. The van der Waals surface area contributed by atoms with E-state index in [1.165, 1.54) is 61.9 Å². The maximum Gasteiger partial charge on any atom is 0.118 e. The Morgan fingerprint density at radius 2 is 1.36 bits per heavy atom. The molecule has 0 aliphatic carbocycles. The maximum absolute atomic E-state index is 5.36. The molecule has 0 unspecified atom stereocenters. The molecular formula is C25H31NO2. The number of hydrogen-bond donors (Lipinski definition) is 0. The highest BCUT2D eigenvalue weighted by molar-refractivity contribution is 5.80. The van der Waals surface area contributed by atoms with Crippen molar-refractivity contribution in [3.8, 4) is 11.5 Å². The van der Waals surface area contributed by atoms with E-state index in [1.807, 2.05) is 0 Å². The van der Waals surface area contributed by atoms with Crippen LogP contribution in [0.15, 0.2) is 54.6 Å². The summed E-state index contributed by atoms with van der Waals surface area (Å²) in [5.41, 5.74) is 3.82. The van der Waals surface area contributed by atoms with Crippen LogP contribution >= 0.6 is 0 Å². The molecule has 0 N–H and O–H groups in total. The summed E-state index contributed by atoms with van der Waals surface area (Å²) in [5.74, 6) is 2.41. The lowest BCUT2D eigenvalue weighted by Gasteiger charge is -2.43. The highest BCUT2D eigenvalue weighted by atomic mass is 16.5. The number of rotatable bonds is 5. The topological polar surface area (TPSA) is 21.7 Å². The van der Waals surface area contributed by atoms with Crippen molar-refractivity contribution < 1.29 is 9.47 Å². The van der Waals surface area contributed by atoms with E-state index in [0.717, 1.165) is 11.5 Å². The van der Waals surface area contributed by atoms with Crippen LogP contribution in [0.3, 0.4) is 0 Å². The fraction of sp³-hybridized carbons (Fsp3) is 0.440. The predicted octanol–water partition coefficient (Wildman–Crippen LogP) is 5.40. The minimum atomic E-state index is 0.619. The molecule has 2 aromatic rings. The molecule has 2 heterocycles. The average molecular weight is 378 g/mol. The van der Waals surface area contributed by atoms with Gasteiger partial charge in [-0.15, -0.1) is 0 Å². The van der Waals surface area contributed by atoms with Crippen molar-refractivity contribution in [1.82, 2.24) is 4.90 Å². The van der Waals surface area contributed by atoms with Crippen LogP contribution in [0.5, 0.6) is 11.5 Å². The number of fused-ring (bicyclic) bond motifs is 1. The van der Waals surface area contributed by atoms with Gasteiger partial charge in [0.25, 0.3) is 0 Å². The Hall–Kier alpha value is -2.26. The summed E-state index contributed by atoms with van der Waals surface area (Å²) in [6.07, 6.45) is 9.20. The van der Waals surface area contributed by atoms with Gasteiger partial charge in [-0.05, 0) is 85.7 Å². The number of hydrogen-bond acceptors (Lipinski definition) is 3. The first-order valence-electron chi connectivity index (χ1n) is 10.5. The quantitative estimate of drug-likeness (QED) is 0.696. The lowest BCUT2D eigenvalue weighted by Crippen LogP contribution is -2.47. The van der Waals surface area contributed by atoms with E-state index < -0.39 is 0 Å². The number of benzene rings is 2. The molecule has 2 fully saturated rings. The Morgan fingerprint density at radius 1 is 0.786 bits per heavy atom. The van der Waals surface area contributed by atoms with Gasteiger partial charge in [0.1, 0.15) is 11.5 Å². The van der Waals surface area contributed by atoms with Gasteiger partial charge >= 0.3 is 0 Å². The van der Waals surface area contributed by atoms with Crippen molar-refractivity contribution in [3.63, 3.8) is 0 Å². The molecule has 0 radical (unpaired) electrons. The third-order valence-electron chi connectivity index (χ3n) is 6.32. The summed E-state index contributed by atoms with van der Waals surface area (Å²) in [6, 6.07) is 17.6. The molecule has 2 saturated heterocycles. The predicted molar refractivity (Wildman–Crippen MR) is 115 cm³/mol. The van der Waals surface area contributed by atoms with Gasteiger partial charge in [-0.2, -0.15) is 0 Å². The summed E-state index contributed by atoms with van der Waals surface area (Å²) in [5, 5.41) is 0. The van der Waals surface area contributed by atoms with Crippen LogP contribution in [0, 0.1) is 5.92 Å². The molecule has 3 nitrogen and oxygen atoms in total. The van der Waals surface area contributed by atoms with Crippen LogP contribution in [-0.2, 0) is 0 Å². The number of ether oxygens (including phenoxy) is 2. The zero-order valence-corrected chi connectivity index (χ0v) is 17.1. The van der Waals surface area contributed by atoms with Gasteiger partial charge in [-0.25, -0.2) is 0 Å². The highest BCUT2D eigenvalue weighted by Gasteiger charge is 2.32. The second kappa shape index (κ2) is 8.83. The third-order valence-corrected chi connectivity index (χ3v) is 6.32. The van der Waals surface area contributed by atoms with Crippen LogP contribution in [0.4, 0.5) is 0 Å². The molecule has 3 heteroatoms. The second-order valence-corrected chi connectivity index (χ2v) is 7.94. The first-order valence-corrected chi connectivity index (χ1v) is 10.5. The van der Waals surface area contributed by atoms with E-state index in [9.17, 15) is 0 Å². The van der Waals surface area contributed by atoms with Crippen LogP contribution < -0.4 is 9.47 Å². The zero-order valence-electron chi connectivity index (χ0n) is 17.1. The van der Waals surface area contributed by atoms with Crippen molar-refractivity contribution in [3.05, 3.63) is 65.7 Å². The monoisotopic (exact) mass is 377 g/mol. The van der Waals surface area contributed by atoms with Crippen LogP contribution in [0.1, 0.15) is 43.2 Å². The molecule has 0 saturated carbocycles. The Morgan fingerprint density at radius 3 is 1.93 bits per heavy atom. The third kappa shape index (κ3) is 4.10. The van der Waals surface area contributed by atoms with Crippen molar-refractivity contribution in [2.45, 2.75) is 38.1 Å². The molecule has 28 heavy (non-hydrogen) atoms. The van der Waals surface area contributed by atoms with Crippen molar-refractivity contribution in [2.24, 2.45) is 5.92 Å². The largest absolute Gasteiger partial charge is 0.497 e. The Kier molecular flexibility index (Phi) is 6.01. The Balaban J connectivity index is 1.71. The van der Waals surface area contributed by atoms with Gasteiger partial charge in [-0.3, -0.25) is 4.90 Å². The van der Waals surface area contributed by atoms with Gasteiger partial charge in [0.15, 0.2) is 0 Å². The first-order chi connectivity index (χ1) is 13.8. The standard InChI is InChI=1S/C25H31NO2/c1-27-22-12-8-19(9-13-22)24(20-10-14-23(28-2)15-11-20)18-21-6-5-17-26-16-4-3-7-25(21)26/h8-15,18,21,25H,3-7,16-17H2,1-2H3/t21-,25+/m0/s1. The molecular weight excluding hydrogens is 346 g/mol. The SMILES string of the molecule is COc1ccc(C(=C[C@@H]2CCCN3CCCC[C@H]23)c2ccc(OC)cc2)cc1. The van der Waals surface area contributed by atoms with Gasteiger partial charge in [0, 0.05) is 6.04 Å². The molecule has 2 aliphatic heterocycles. The molecule has 0 aromatic heterocycles. The second-order valence-electron chi connectivity index (χ2n) is 7.94. The first kappa shape index (κ1) is 19.1. The molecule has 2 atom stereocenters. The van der Waals surface area contributed by atoms with Crippen LogP contribution in [0.25, 0.3) is 5.57 Å². The van der Waals surface area contributed by atoms with E-state index in [-0.39, 0.29) is 0 Å². The number of methoxy groups -OCH3 is 2. The highest BCUT2D eigenvalue weighted by Crippen LogP contribution is 2.36. The van der Waals surface area contributed by atoms with Gasteiger partial charge in [0.2, 0.25) is 0 Å². The van der Waals surface area contributed by atoms with Crippen LogP contribution in [0.2, 0.25) is 0 Å². The minimum absolute atomic E-state index is 0.619. The molecule has 2 aliphatic rings. The number of piperidine rings is 2. The number of nitrogens with zero attached hydrogens (tertiary/aromatic N) is 1. The smallest absolute Gasteiger partial charge is 0.118 e. The molecule has 0 spiro atoms. The average Bonchev–Trinajstić information content (AvgIpc) is 2.78. The van der Waals surface area contributed by atoms with E-state index in [1.54, 1.807) is 14.2 Å². The van der Waals surface area contributed by atoms with E-state index in [0.29, 0.717) is 12.0 Å². The molecule has 0 bridgehead atoms. The summed E-state index contributed by atoms with van der Waals surface area (Å²) >= 11 is 0. The molecule has 4 rings (SSSR count). The van der Waals surface area contributed by atoms with E-state index >= 15 is 0 Å². The van der Waals surface area contributed by atoms with Crippen molar-refractivity contribution >= 4 is 5.57 Å². The zero-order chi connectivity index (χ0) is 19.3. The van der Waals surface area contributed by atoms with Gasteiger partial charge < -0.3 is 9.47 Å². The molecule has 0 amide bonds.